The van der Waals surface area contributed by atoms with E-state index in [-0.39, 0.29) is 0 Å². The fraction of sp³-hybridized carbons (Fsp3) is 0. The van der Waals surface area contributed by atoms with Crippen LogP contribution in [0, 0.1) is 0 Å². The summed E-state index contributed by atoms with van der Waals surface area (Å²) in [6, 6.07) is 111. The third kappa shape index (κ3) is 7.62. The molecule has 0 unspecified atom stereocenters. The van der Waals surface area contributed by atoms with Gasteiger partial charge in [-0.05, 0) is 129 Å². The summed E-state index contributed by atoms with van der Waals surface area (Å²) in [5.74, 6) is 0. The Morgan fingerprint density at radius 2 is 0.707 bits per heavy atom. The fourth-order valence-corrected chi connectivity index (χ4v) is 16.6. The van der Waals surface area contributed by atoms with Crippen LogP contribution in [0.1, 0.15) is 0 Å². The van der Waals surface area contributed by atoms with E-state index in [0.29, 0.717) is 0 Å². The molecule has 1 nitrogen and oxygen atoms in total. The highest BCUT2D eigenvalue weighted by Crippen LogP contribution is 2.75. The van der Waals surface area contributed by atoms with Gasteiger partial charge >= 0.3 is 0 Å². The molecule has 2 heterocycles. The summed E-state index contributed by atoms with van der Waals surface area (Å²) >= 11 is 1.87. The smallest absolute Gasteiger partial charge is 0.0619 e. The zero-order valence-corrected chi connectivity index (χ0v) is 42.7. The molecule has 0 bridgehead atoms. The van der Waals surface area contributed by atoms with E-state index in [4.69, 9.17) is 0 Å². The lowest BCUT2D eigenvalue weighted by atomic mass is 9.95. The van der Waals surface area contributed by atoms with Gasteiger partial charge in [0.25, 0.3) is 0 Å². The van der Waals surface area contributed by atoms with E-state index in [1.54, 1.807) is 0 Å². The van der Waals surface area contributed by atoms with Gasteiger partial charge in [0.05, 0.1) is 16.7 Å². The summed E-state index contributed by atoms with van der Waals surface area (Å²) in [4.78, 5) is 5.06. The van der Waals surface area contributed by atoms with Crippen molar-refractivity contribution in [2.75, 3.05) is 0 Å². The summed E-state index contributed by atoms with van der Waals surface area (Å²) in [7, 11) is -2.28. The Bertz CT molecular complexity index is 4210. The van der Waals surface area contributed by atoms with Gasteiger partial charge in [-0.15, -0.1) is 21.4 Å². The van der Waals surface area contributed by atoms with Crippen LogP contribution in [0.5, 0.6) is 0 Å². The van der Waals surface area contributed by atoms with E-state index >= 15 is 0 Å². The molecule has 0 N–H and O–H groups in total. The second kappa shape index (κ2) is 18.8. The molecule has 354 valence electrons. The van der Waals surface area contributed by atoms with E-state index in [1.165, 1.54) is 101 Å². The maximum atomic E-state index is 2.56. The zero-order valence-electron chi connectivity index (χ0n) is 41.1. The number of thiophene rings is 1. The normalized spacial score (nSPS) is 11.9. The van der Waals surface area contributed by atoms with E-state index in [2.05, 4.69) is 302 Å². The van der Waals surface area contributed by atoms with Crippen molar-refractivity contribution < 1.29 is 0 Å². The standard InChI is InChI=1S/C72H49NS2/c1-7-24-50(25-8-1)55-44-56(51-26-9-2-10-27-51)46-59(45-55)75(57-32-15-5-16-33-57,58-34-17-6-18-35-58)60-48-64(52-28-11-3-12-29-52)72(65(49-60)53-30-13-4-14-31-53)73-67-39-21-19-36-62(67)66-47-54(42-43-68(66)73)61-38-23-41-70-71(61)63-37-20-22-40-69(63)74-70/h1-49H. The third-order valence-electron chi connectivity index (χ3n) is 14.9. The number of fused-ring (bicyclic) bond motifs is 6. The highest BCUT2D eigenvalue weighted by atomic mass is 32.3. The molecule has 0 saturated carbocycles. The molecule has 14 aromatic rings. The highest BCUT2D eigenvalue weighted by Gasteiger charge is 2.36. The Kier molecular flexibility index (Phi) is 11.2. The lowest BCUT2D eigenvalue weighted by molar-refractivity contribution is 1.16. The van der Waals surface area contributed by atoms with Crippen LogP contribution in [-0.4, -0.2) is 4.57 Å². The van der Waals surface area contributed by atoms with Gasteiger partial charge in [0.2, 0.25) is 0 Å². The Labute approximate surface area is 443 Å². The summed E-state index contributed by atoms with van der Waals surface area (Å²) in [6.45, 7) is 0. The Balaban J connectivity index is 1.11. The van der Waals surface area contributed by atoms with Crippen LogP contribution in [0.15, 0.2) is 317 Å². The Morgan fingerprint density at radius 3 is 1.28 bits per heavy atom. The van der Waals surface area contributed by atoms with Crippen molar-refractivity contribution >= 4 is 63.3 Å². The topological polar surface area (TPSA) is 4.93 Å². The van der Waals surface area contributed by atoms with E-state index in [9.17, 15) is 0 Å². The number of para-hydroxylation sites is 1. The van der Waals surface area contributed by atoms with Crippen molar-refractivity contribution in [3.63, 3.8) is 0 Å². The van der Waals surface area contributed by atoms with Crippen LogP contribution < -0.4 is 0 Å². The first-order valence-electron chi connectivity index (χ1n) is 25.6. The zero-order chi connectivity index (χ0) is 49.7. The molecule has 0 radical (unpaired) electrons. The fourth-order valence-electron chi connectivity index (χ4n) is 11.5. The number of rotatable bonds is 10. The first-order chi connectivity index (χ1) is 37.2. The van der Waals surface area contributed by atoms with Gasteiger partial charge in [-0.3, -0.25) is 0 Å². The SMILES string of the molecule is c1ccc(-c2cc(-c3ccccc3)cc(S(c3ccccc3)(c3ccccc3)c3cc(-c4ccccc4)c(-n4c5ccccc5c5cc(-c6cccc7sc8ccccc8c67)ccc54)c(-c4ccccc4)c3)c2)cc1. The van der Waals surface area contributed by atoms with Crippen LogP contribution in [-0.2, 0) is 0 Å². The van der Waals surface area contributed by atoms with Crippen LogP contribution in [0.4, 0.5) is 0 Å². The van der Waals surface area contributed by atoms with Crippen molar-refractivity contribution in [2.24, 2.45) is 0 Å². The molecule has 0 amide bonds. The molecule has 2 aromatic heterocycles. The van der Waals surface area contributed by atoms with Crippen LogP contribution in [0.2, 0.25) is 0 Å². The minimum Gasteiger partial charge on any atom is -0.308 e. The average Bonchev–Trinajstić information content (AvgIpc) is 4.06. The van der Waals surface area contributed by atoms with Crippen LogP contribution in [0.3, 0.4) is 0 Å². The molecule has 0 aliphatic rings. The van der Waals surface area contributed by atoms with E-state index < -0.39 is 10.0 Å². The Morgan fingerprint density at radius 1 is 0.253 bits per heavy atom. The first-order valence-corrected chi connectivity index (χ1v) is 28.1. The first kappa shape index (κ1) is 44.7. The number of hydrogen-bond acceptors (Lipinski definition) is 1. The van der Waals surface area contributed by atoms with Crippen molar-refractivity contribution in [1.29, 1.82) is 0 Å². The van der Waals surface area contributed by atoms with Gasteiger partial charge in [-0.1, -0.05) is 212 Å². The second-order valence-electron chi connectivity index (χ2n) is 19.2. The highest BCUT2D eigenvalue weighted by molar-refractivity contribution is 8.34. The average molecular weight is 992 g/mol. The van der Waals surface area contributed by atoms with Crippen LogP contribution in [0.25, 0.3) is 103 Å². The van der Waals surface area contributed by atoms with Gasteiger partial charge in [-0.2, -0.15) is 0 Å². The molecular formula is C72H49NS2. The van der Waals surface area contributed by atoms with Gasteiger partial charge < -0.3 is 4.57 Å². The number of nitrogens with zero attached hydrogens (tertiary/aromatic N) is 1. The van der Waals surface area contributed by atoms with Crippen molar-refractivity contribution in [2.45, 2.75) is 19.6 Å². The minimum atomic E-state index is -2.28. The van der Waals surface area contributed by atoms with Gasteiger partial charge in [0.15, 0.2) is 0 Å². The number of aromatic nitrogens is 1. The number of hydrogen-bond donors (Lipinski definition) is 0. The quantitative estimate of drug-likeness (QED) is 0.129. The monoisotopic (exact) mass is 991 g/mol. The molecular weight excluding hydrogens is 943 g/mol. The lowest BCUT2D eigenvalue weighted by Gasteiger charge is -2.43. The minimum absolute atomic E-state index is 1.15. The van der Waals surface area contributed by atoms with Crippen molar-refractivity contribution in [1.82, 2.24) is 4.57 Å². The molecule has 0 aliphatic heterocycles. The van der Waals surface area contributed by atoms with Crippen molar-refractivity contribution in [3.05, 3.63) is 297 Å². The van der Waals surface area contributed by atoms with E-state index in [0.717, 1.165) is 22.3 Å². The predicted octanol–water partition coefficient (Wildman–Crippen LogP) is 20.8. The molecule has 75 heavy (non-hydrogen) atoms. The molecule has 0 atom stereocenters. The van der Waals surface area contributed by atoms with Crippen molar-refractivity contribution in [3.8, 4) is 61.3 Å². The molecule has 14 rings (SSSR count). The molecule has 12 aromatic carbocycles. The predicted molar refractivity (Wildman–Crippen MR) is 321 cm³/mol. The number of benzene rings is 12. The maximum absolute atomic E-state index is 2.56. The summed E-state index contributed by atoms with van der Waals surface area (Å²) in [5, 5.41) is 5.07. The molecule has 0 spiro atoms. The van der Waals surface area contributed by atoms with Gasteiger partial charge in [0, 0.05) is 61.7 Å². The summed E-state index contributed by atoms with van der Waals surface area (Å²) < 4.78 is 5.19. The molecule has 0 saturated heterocycles. The van der Waals surface area contributed by atoms with Gasteiger partial charge in [-0.25, -0.2) is 0 Å². The molecule has 3 heteroatoms. The van der Waals surface area contributed by atoms with Crippen LogP contribution >= 0.6 is 21.4 Å². The van der Waals surface area contributed by atoms with Gasteiger partial charge in [0.1, 0.15) is 0 Å². The largest absolute Gasteiger partial charge is 0.308 e. The Hall–Kier alpha value is -8.99. The molecule has 0 fully saturated rings. The second-order valence-corrected chi connectivity index (χ2v) is 23.4. The maximum Gasteiger partial charge on any atom is 0.0619 e. The lowest BCUT2D eigenvalue weighted by Crippen LogP contribution is -2.08. The third-order valence-corrected chi connectivity index (χ3v) is 19.9. The molecule has 0 aliphatic carbocycles. The summed E-state index contributed by atoms with van der Waals surface area (Å²) in [6.07, 6.45) is 0. The summed E-state index contributed by atoms with van der Waals surface area (Å²) in [5.41, 5.74) is 15.3. The van der Waals surface area contributed by atoms with E-state index in [1.807, 2.05) is 11.3 Å².